The van der Waals surface area contributed by atoms with E-state index in [1.165, 1.54) is 30.6 Å². The topological polar surface area (TPSA) is 140 Å². The average Bonchev–Trinajstić information content (AvgIpc) is 3.14. The number of thiazole rings is 1. The largest absolute Gasteiger partial charge is 0.458 e. The number of rotatable bonds is 13. The number of hydrogen-bond donors (Lipinski definition) is 4. The molecular weight excluding hydrogens is 452 g/mol. The van der Waals surface area contributed by atoms with E-state index < -0.39 is 23.5 Å². The van der Waals surface area contributed by atoms with Crippen LogP contribution in [0.3, 0.4) is 0 Å². The molecule has 0 radical (unpaired) electrons. The minimum atomic E-state index is -1.21. The highest BCUT2D eigenvalue weighted by Gasteiger charge is 2.28. The Balaban J connectivity index is 2.64. The molecule has 1 aromatic rings. The molecule has 0 fully saturated rings. The summed E-state index contributed by atoms with van der Waals surface area (Å²) < 4.78 is 5.42. The molecule has 1 atom stereocenters. The third-order valence-electron chi connectivity index (χ3n) is 4.15. The minimum absolute atomic E-state index is 0.0293. The second kappa shape index (κ2) is 13.2. The van der Waals surface area contributed by atoms with Crippen LogP contribution in [0.25, 0.3) is 0 Å². The lowest BCUT2D eigenvalue weighted by molar-refractivity contribution is -0.148. The molecule has 0 saturated heterocycles. The smallest absolute Gasteiger partial charge is 0.306 e. The van der Waals surface area contributed by atoms with Gasteiger partial charge in [0.05, 0.1) is 13.0 Å². The molecule has 1 unspecified atom stereocenters. The van der Waals surface area contributed by atoms with Gasteiger partial charge in [0.2, 0.25) is 11.8 Å². The summed E-state index contributed by atoms with van der Waals surface area (Å²) in [6, 6.07) is 0. The number of carbonyl (C=O) groups excluding carboxylic acids is 4. The highest BCUT2D eigenvalue weighted by molar-refractivity contribution is 7.80. The first-order valence-electron chi connectivity index (χ1n) is 10.2. The Labute approximate surface area is 198 Å². The number of primary amides is 1. The predicted octanol–water partition coefficient (Wildman–Crippen LogP) is 1.98. The van der Waals surface area contributed by atoms with E-state index in [9.17, 15) is 19.2 Å². The van der Waals surface area contributed by atoms with Crippen molar-refractivity contribution in [2.45, 2.75) is 65.1 Å². The molecule has 0 aliphatic rings. The van der Waals surface area contributed by atoms with Crippen molar-refractivity contribution in [3.63, 3.8) is 0 Å². The van der Waals surface area contributed by atoms with Crippen molar-refractivity contribution in [2.75, 3.05) is 5.75 Å². The Morgan fingerprint density at radius 3 is 2.56 bits per heavy atom. The molecule has 11 heteroatoms. The number of esters is 1. The summed E-state index contributed by atoms with van der Waals surface area (Å²) in [6.45, 7) is 6.93. The van der Waals surface area contributed by atoms with Gasteiger partial charge in [-0.3, -0.25) is 19.2 Å². The number of ether oxygens (including phenoxy) is 1. The van der Waals surface area contributed by atoms with Gasteiger partial charge in [0.25, 0.3) is 5.91 Å². The quantitative estimate of drug-likeness (QED) is 0.192. The number of allylic oxidation sites excluding steroid dienone is 1. The lowest BCUT2D eigenvalue weighted by Gasteiger charge is -2.21. The molecule has 32 heavy (non-hydrogen) atoms. The fraction of sp³-hybridized carbons (Fsp3) is 0.571. The number of amides is 3. The van der Waals surface area contributed by atoms with Crippen LogP contribution in [0, 0.1) is 5.92 Å². The number of nitrogens with zero attached hydrogens (tertiary/aromatic N) is 1. The highest BCUT2D eigenvalue weighted by Crippen LogP contribution is 2.12. The molecule has 1 aromatic heterocycles. The van der Waals surface area contributed by atoms with E-state index in [-0.39, 0.29) is 42.9 Å². The zero-order valence-electron chi connectivity index (χ0n) is 18.8. The lowest BCUT2D eigenvalue weighted by Crippen LogP contribution is -2.53. The summed E-state index contributed by atoms with van der Waals surface area (Å²) in [4.78, 5) is 52.1. The fourth-order valence-corrected chi connectivity index (χ4v) is 3.22. The van der Waals surface area contributed by atoms with E-state index in [0.717, 1.165) is 0 Å². The zero-order valence-corrected chi connectivity index (χ0v) is 20.6. The van der Waals surface area contributed by atoms with Crippen molar-refractivity contribution in [3.05, 3.63) is 28.2 Å². The SMILES string of the molecule is CC(C)CC(=O)OC(/C=C/CCS)CC(=O)NCc1nc(C(=O)NC(C)(C)C(N)=O)cs1. The van der Waals surface area contributed by atoms with E-state index in [1.54, 1.807) is 6.08 Å². The Morgan fingerprint density at radius 2 is 1.97 bits per heavy atom. The van der Waals surface area contributed by atoms with Crippen LogP contribution in [-0.2, 0) is 25.7 Å². The van der Waals surface area contributed by atoms with E-state index in [0.29, 0.717) is 17.2 Å². The maximum Gasteiger partial charge on any atom is 0.306 e. The van der Waals surface area contributed by atoms with E-state index in [1.807, 2.05) is 19.9 Å². The molecular formula is C21H32N4O5S2. The minimum Gasteiger partial charge on any atom is -0.458 e. The second-order valence-corrected chi connectivity index (χ2v) is 9.51. The highest BCUT2D eigenvalue weighted by atomic mass is 32.1. The predicted molar refractivity (Wildman–Crippen MR) is 126 cm³/mol. The molecule has 0 aromatic carbocycles. The first kappa shape index (κ1) is 27.6. The summed E-state index contributed by atoms with van der Waals surface area (Å²) in [7, 11) is 0. The summed E-state index contributed by atoms with van der Waals surface area (Å²) in [6.07, 6.45) is 3.79. The maximum atomic E-state index is 12.4. The van der Waals surface area contributed by atoms with Crippen molar-refractivity contribution in [1.82, 2.24) is 15.6 Å². The van der Waals surface area contributed by atoms with Crippen LogP contribution in [0.1, 0.15) is 62.5 Å². The summed E-state index contributed by atoms with van der Waals surface area (Å²) in [5.41, 5.74) is 4.17. The van der Waals surface area contributed by atoms with Gasteiger partial charge in [-0.15, -0.1) is 11.3 Å². The van der Waals surface area contributed by atoms with Crippen molar-refractivity contribution in [2.24, 2.45) is 11.7 Å². The number of nitrogens with two attached hydrogens (primary N) is 1. The van der Waals surface area contributed by atoms with Gasteiger partial charge < -0.3 is 21.1 Å². The molecule has 0 saturated carbocycles. The first-order valence-corrected chi connectivity index (χ1v) is 11.8. The Bertz CT molecular complexity index is 836. The van der Waals surface area contributed by atoms with Gasteiger partial charge in [-0.1, -0.05) is 19.9 Å². The van der Waals surface area contributed by atoms with E-state index in [2.05, 4.69) is 28.2 Å². The Morgan fingerprint density at radius 1 is 1.28 bits per heavy atom. The van der Waals surface area contributed by atoms with Gasteiger partial charge in [-0.2, -0.15) is 12.6 Å². The van der Waals surface area contributed by atoms with Crippen LogP contribution in [0.4, 0.5) is 0 Å². The van der Waals surface area contributed by atoms with Crippen LogP contribution in [-0.4, -0.2) is 46.1 Å². The molecule has 3 amide bonds. The molecule has 0 bridgehead atoms. The number of carbonyl (C=O) groups is 4. The van der Waals surface area contributed by atoms with Crippen molar-refractivity contribution < 1.29 is 23.9 Å². The monoisotopic (exact) mass is 484 g/mol. The maximum absolute atomic E-state index is 12.4. The third kappa shape index (κ3) is 10.3. The Kier molecular flexibility index (Phi) is 11.4. The molecule has 9 nitrogen and oxygen atoms in total. The van der Waals surface area contributed by atoms with Gasteiger partial charge >= 0.3 is 5.97 Å². The molecule has 4 N–H and O–H groups in total. The van der Waals surface area contributed by atoms with Gasteiger partial charge in [0.1, 0.15) is 22.3 Å². The van der Waals surface area contributed by atoms with Crippen molar-refractivity contribution in [3.8, 4) is 0 Å². The lowest BCUT2D eigenvalue weighted by atomic mass is 10.1. The van der Waals surface area contributed by atoms with Gasteiger partial charge in [0.15, 0.2) is 0 Å². The van der Waals surface area contributed by atoms with Crippen LogP contribution >= 0.6 is 24.0 Å². The van der Waals surface area contributed by atoms with E-state index in [4.69, 9.17) is 10.5 Å². The fourth-order valence-electron chi connectivity index (χ4n) is 2.36. The number of aromatic nitrogens is 1. The van der Waals surface area contributed by atoms with Gasteiger partial charge in [-0.25, -0.2) is 4.98 Å². The normalized spacial score (nSPS) is 12.6. The van der Waals surface area contributed by atoms with Crippen molar-refractivity contribution in [1.29, 1.82) is 0 Å². The standard InChI is InChI=1S/C21H32N4O5S2/c1-13(2)9-18(27)30-14(7-5-6-8-31)10-16(26)23-11-17-24-15(12-32-17)19(28)25-21(3,4)20(22)29/h5,7,12-14,31H,6,8-11H2,1-4H3,(H2,22,29)(H,23,26)(H,25,28)/b7-5+. The van der Waals surface area contributed by atoms with Gasteiger partial charge in [-0.05, 0) is 38.0 Å². The third-order valence-corrected chi connectivity index (χ3v) is 5.26. The molecule has 0 aliphatic carbocycles. The second-order valence-electron chi connectivity index (χ2n) is 8.12. The van der Waals surface area contributed by atoms with Crippen LogP contribution in [0.5, 0.6) is 0 Å². The molecule has 178 valence electrons. The summed E-state index contributed by atoms with van der Waals surface area (Å²) >= 11 is 5.33. The van der Waals surface area contributed by atoms with E-state index >= 15 is 0 Å². The summed E-state index contributed by atoms with van der Waals surface area (Å²) in [5, 5.41) is 7.28. The zero-order chi connectivity index (χ0) is 24.3. The number of hydrogen-bond acceptors (Lipinski definition) is 8. The molecule has 0 spiro atoms. The number of nitrogens with one attached hydrogen (secondary N) is 2. The molecule has 1 rings (SSSR count). The van der Waals surface area contributed by atoms with Crippen LogP contribution < -0.4 is 16.4 Å². The van der Waals surface area contributed by atoms with Crippen molar-refractivity contribution >= 4 is 47.7 Å². The van der Waals surface area contributed by atoms with Gasteiger partial charge in [0, 0.05) is 11.8 Å². The summed E-state index contributed by atoms with van der Waals surface area (Å²) in [5.74, 6) is -1.08. The first-order chi connectivity index (χ1) is 14.9. The molecule has 0 aliphatic heterocycles. The molecule has 1 heterocycles. The van der Waals surface area contributed by atoms with Crippen LogP contribution in [0.2, 0.25) is 0 Å². The number of thiol groups is 1. The average molecular weight is 485 g/mol. The van der Waals surface area contributed by atoms with Crippen LogP contribution in [0.15, 0.2) is 17.5 Å². The Hall–Kier alpha value is -2.40.